The Kier molecular flexibility index (Phi) is 11.3. The number of halogens is 1. The number of hydrogen-bond acceptors (Lipinski definition) is 3. The molecule has 0 saturated heterocycles. The van der Waals surface area contributed by atoms with E-state index in [1.807, 2.05) is 22.9 Å². The van der Waals surface area contributed by atoms with Crippen molar-refractivity contribution in [2.75, 3.05) is 26.9 Å². The highest BCUT2D eigenvalue weighted by atomic mass is 127. The van der Waals surface area contributed by atoms with E-state index in [9.17, 15) is 4.79 Å². The third-order valence-electron chi connectivity index (χ3n) is 1.73. The molecule has 0 fully saturated rings. The number of carbonyl (C=O) groups excluding carboxylic acids is 1. The van der Waals surface area contributed by atoms with Crippen LogP contribution in [0.25, 0.3) is 0 Å². The van der Waals surface area contributed by atoms with Gasteiger partial charge in [0.05, 0.1) is 36.1 Å². The van der Waals surface area contributed by atoms with Crippen molar-refractivity contribution in [2.45, 2.75) is 25.7 Å². The Hall–Kier alpha value is 0.120. The van der Waals surface area contributed by atoms with Gasteiger partial charge in [0.1, 0.15) is 0 Å². The van der Waals surface area contributed by atoms with Crippen LogP contribution < -0.4 is 3.53 Å². The largest absolute Gasteiger partial charge is 0.382 e. The molecule has 0 aliphatic rings. The number of ether oxygens (including phenoxy) is 2. The van der Waals surface area contributed by atoms with E-state index in [0.717, 1.165) is 25.9 Å². The number of nitrogens with one attached hydrogen (secondary N) is 1. The maximum Gasteiger partial charge on any atom is 0.228 e. The first-order valence-electron chi connectivity index (χ1n) is 4.77. The Labute approximate surface area is 99.2 Å². The summed E-state index contributed by atoms with van der Waals surface area (Å²) in [7, 11) is 1.66. The molecule has 1 N–H and O–H groups in total. The SMILES string of the molecule is COCCOCCCCCC(=O)NI. The summed E-state index contributed by atoms with van der Waals surface area (Å²) in [6, 6.07) is 0. The van der Waals surface area contributed by atoms with E-state index in [1.165, 1.54) is 0 Å². The van der Waals surface area contributed by atoms with Crippen LogP contribution in [0.5, 0.6) is 0 Å². The summed E-state index contributed by atoms with van der Waals surface area (Å²) >= 11 is 1.86. The van der Waals surface area contributed by atoms with Crippen LogP contribution >= 0.6 is 22.9 Å². The van der Waals surface area contributed by atoms with Crippen molar-refractivity contribution in [2.24, 2.45) is 0 Å². The number of unbranched alkanes of at least 4 members (excludes halogenated alkanes) is 2. The van der Waals surface area contributed by atoms with Gasteiger partial charge in [-0.2, -0.15) is 0 Å². The maximum absolute atomic E-state index is 10.8. The van der Waals surface area contributed by atoms with E-state index in [1.54, 1.807) is 7.11 Å². The maximum atomic E-state index is 10.8. The lowest BCUT2D eigenvalue weighted by Gasteiger charge is -2.02. The second kappa shape index (κ2) is 11.2. The standard InChI is InChI=1S/C9H18INO3/c1-13-7-8-14-6-4-2-3-5-9(12)11-10/h2-8H2,1H3,(H,11,12). The van der Waals surface area contributed by atoms with E-state index in [-0.39, 0.29) is 5.91 Å². The molecule has 0 saturated carbocycles. The number of carbonyl (C=O) groups is 1. The molecule has 5 heteroatoms. The first-order chi connectivity index (χ1) is 6.81. The third-order valence-corrected chi connectivity index (χ3v) is 2.33. The van der Waals surface area contributed by atoms with Crippen molar-refractivity contribution in [3.63, 3.8) is 0 Å². The zero-order chi connectivity index (χ0) is 10.6. The van der Waals surface area contributed by atoms with Crippen LogP contribution in [-0.2, 0) is 14.3 Å². The van der Waals surface area contributed by atoms with Gasteiger partial charge < -0.3 is 9.47 Å². The van der Waals surface area contributed by atoms with Crippen LogP contribution in [0.2, 0.25) is 0 Å². The van der Waals surface area contributed by atoms with Gasteiger partial charge in [-0.15, -0.1) is 0 Å². The summed E-state index contributed by atoms with van der Waals surface area (Å²) in [5.41, 5.74) is 0. The fraction of sp³-hybridized carbons (Fsp3) is 0.889. The van der Waals surface area contributed by atoms with Crippen molar-refractivity contribution < 1.29 is 14.3 Å². The highest BCUT2D eigenvalue weighted by molar-refractivity contribution is 14.1. The van der Waals surface area contributed by atoms with Crippen LogP contribution in [0.3, 0.4) is 0 Å². The average Bonchev–Trinajstić information content (AvgIpc) is 2.21. The molecule has 4 nitrogen and oxygen atoms in total. The molecule has 0 spiro atoms. The van der Waals surface area contributed by atoms with Crippen LogP contribution in [-0.4, -0.2) is 32.8 Å². The van der Waals surface area contributed by atoms with Crippen molar-refractivity contribution in [1.29, 1.82) is 0 Å². The third kappa shape index (κ3) is 10.2. The highest BCUT2D eigenvalue weighted by Gasteiger charge is 1.97. The number of hydrogen-bond donors (Lipinski definition) is 1. The second-order valence-electron chi connectivity index (χ2n) is 2.93. The predicted molar refractivity (Wildman–Crippen MR) is 63.3 cm³/mol. The lowest BCUT2D eigenvalue weighted by molar-refractivity contribution is -0.118. The molecule has 0 aliphatic heterocycles. The first-order valence-corrected chi connectivity index (χ1v) is 5.85. The minimum Gasteiger partial charge on any atom is -0.382 e. The van der Waals surface area contributed by atoms with Gasteiger partial charge in [-0.25, -0.2) is 0 Å². The summed E-state index contributed by atoms with van der Waals surface area (Å²) in [6.45, 7) is 2.07. The lowest BCUT2D eigenvalue weighted by atomic mass is 10.2. The van der Waals surface area contributed by atoms with Gasteiger partial charge in [0.2, 0.25) is 5.91 Å². The summed E-state index contributed by atoms with van der Waals surface area (Å²) in [5.74, 6) is 0.103. The molecule has 1 amide bonds. The van der Waals surface area contributed by atoms with Gasteiger partial charge in [-0.3, -0.25) is 8.32 Å². The average molecular weight is 315 g/mol. The summed E-state index contributed by atoms with van der Waals surface area (Å²) in [5, 5.41) is 0. The van der Waals surface area contributed by atoms with E-state index in [0.29, 0.717) is 19.6 Å². The van der Waals surface area contributed by atoms with Crippen molar-refractivity contribution in [3.8, 4) is 0 Å². The molecular formula is C9H18INO3. The molecule has 0 aromatic heterocycles. The molecule has 0 heterocycles. The molecule has 0 bridgehead atoms. The van der Waals surface area contributed by atoms with Crippen molar-refractivity contribution in [3.05, 3.63) is 0 Å². The van der Waals surface area contributed by atoms with E-state index in [2.05, 4.69) is 3.53 Å². The number of amides is 1. The molecule has 0 radical (unpaired) electrons. The quantitative estimate of drug-likeness (QED) is 0.400. The molecule has 0 unspecified atom stereocenters. The molecule has 0 aromatic rings. The number of rotatable bonds is 9. The van der Waals surface area contributed by atoms with Crippen LogP contribution in [0.4, 0.5) is 0 Å². The molecular weight excluding hydrogens is 297 g/mol. The zero-order valence-electron chi connectivity index (χ0n) is 8.55. The van der Waals surface area contributed by atoms with Gasteiger partial charge in [0, 0.05) is 20.1 Å². The predicted octanol–water partition coefficient (Wildman–Crippen LogP) is 1.68. The molecule has 0 rings (SSSR count). The first kappa shape index (κ1) is 14.1. The van der Waals surface area contributed by atoms with E-state index in [4.69, 9.17) is 9.47 Å². The highest BCUT2D eigenvalue weighted by Crippen LogP contribution is 2.00. The zero-order valence-corrected chi connectivity index (χ0v) is 10.7. The van der Waals surface area contributed by atoms with Crippen molar-refractivity contribution in [1.82, 2.24) is 3.53 Å². The summed E-state index contributed by atoms with van der Waals surface area (Å²) < 4.78 is 12.7. The Morgan fingerprint density at radius 2 is 2.00 bits per heavy atom. The van der Waals surface area contributed by atoms with Crippen molar-refractivity contribution >= 4 is 28.8 Å². The molecule has 84 valence electrons. The Morgan fingerprint density at radius 1 is 1.21 bits per heavy atom. The molecule has 14 heavy (non-hydrogen) atoms. The monoisotopic (exact) mass is 315 g/mol. The minimum atomic E-state index is 0.103. The van der Waals surface area contributed by atoms with Gasteiger partial charge in [0.25, 0.3) is 0 Å². The molecule has 0 aromatic carbocycles. The van der Waals surface area contributed by atoms with Crippen LogP contribution in [0, 0.1) is 0 Å². The Bertz CT molecular complexity index is 144. The normalized spacial score (nSPS) is 10.1. The van der Waals surface area contributed by atoms with E-state index >= 15 is 0 Å². The Morgan fingerprint density at radius 3 is 2.64 bits per heavy atom. The van der Waals surface area contributed by atoms with Crippen LogP contribution in [0.15, 0.2) is 0 Å². The topological polar surface area (TPSA) is 47.6 Å². The lowest BCUT2D eigenvalue weighted by Crippen LogP contribution is -2.10. The van der Waals surface area contributed by atoms with Gasteiger partial charge in [0.15, 0.2) is 0 Å². The fourth-order valence-electron chi connectivity index (χ4n) is 0.958. The summed E-state index contributed by atoms with van der Waals surface area (Å²) in [4.78, 5) is 10.8. The number of methoxy groups -OCH3 is 1. The smallest absolute Gasteiger partial charge is 0.228 e. The van der Waals surface area contributed by atoms with Gasteiger partial charge in [-0.1, -0.05) is 6.42 Å². The van der Waals surface area contributed by atoms with Crippen LogP contribution in [0.1, 0.15) is 25.7 Å². The Balaban J connectivity index is 2.95. The fourth-order valence-corrected chi connectivity index (χ4v) is 1.23. The molecule has 0 aliphatic carbocycles. The molecule has 0 atom stereocenters. The summed E-state index contributed by atoms with van der Waals surface area (Å²) in [6.07, 6.45) is 3.60. The van der Waals surface area contributed by atoms with Gasteiger partial charge in [-0.05, 0) is 12.8 Å². The minimum absolute atomic E-state index is 0.103. The van der Waals surface area contributed by atoms with Gasteiger partial charge >= 0.3 is 0 Å². The second-order valence-corrected chi connectivity index (χ2v) is 3.47. The van der Waals surface area contributed by atoms with E-state index < -0.39 is 0 Å².